The number of hydrogen-bond acceptors (Lipinski definition) is 3. The molecule has 0 bridgehead atoms. The molecule has 1 aliphatic rings. The first kappa shape index (κ1) is 13.9. The van der Waals surface area contributed by atoms with Gasteiger partial charge in [0.25, 0.3) is 5.91 Å². The van der Waals surface area contributed by atoms with Crippen molar-refractivity contribution in [2.24, 2.45) is 5.92 Å². The van der Waals surface area contributed by atoms with Gasteiger partial charge in [-0.3, -0.25) is 9.59 Å². The number of phenolic OH excluding ortho intramolecular Hbond substituents is 1. The Bertz CT molecular complexity index is 513. The Balaban J connectivity index is 2.08. The summed E-state index contributed by atoms with van der Waals surface area (Å²) < 4.78 is 0.672. The van der Waals surface area contributed by atoms with E-state index in [1.54, 1.807) is 6.07 Å². The highest BCUT2D eigenvalue weighted by Crippen LogP contribution is 2.34. The molecule has 0 radical (unpaired) electrons. The lowest BCUT2D eigenvalue weighted by atomic mass is 10.1. The minimum absolute atomic E-state index is 0.0896. The molecule has 1 unspecified atom stereocenters. The molecule has 0 heterocycles. The number of aromatic hydroxyl groups is 1. The number of hydrogen-bond donors (Lipinski definition) is 3. The number of phenols is 1. The van der Waals surface area contributed by atoms with Gasteiger partial charge in [-0.25, -0.2) is 0 Å². The standard InChI is InChI=1S/C13H14BrNO4/c14-8-3-4-9(11(16)5-8)13(19)15-10(6-12(17)18)7-1-2-7/h3-5,7,10,16H,1-2,6H2,(H,15,19)(H,17,18). The molecule has 5 nitrogen and oxygen atoms in total. The van der Waals surface area contributed by atoms with Gasteiger partial charge in [0, 0.05) is 10.5 Å². The molecule has 1 aromatic carbocycles. The Labute approximate surface area is 118 Å². The van der Waals surface area contributed by atoms with E-state index < -0.39 is 11.9 Å². The van der Waals surface area contributed by atoms with E-state index in [1.165, 1.54) is 12.1 Å². The normalized spacial score (nSPS) is 15.8. The van der Waals surface area contributed by atoms with Crippen molar-refractivity contribution in [2.45, 2.75) is 25.3 Å². The number of aliphatic carboxylic acids is 1. The number of halogens is 1. The second-order valence-electron chi connectivity index (χ2n) is 4.68. The monoisotopic (exact) mass is 327 g/mol. The van der Waals surface area contributed by atoms with E-state index in [4.69, 9.17) is 5.11 Å². The summed E-state index contributed by atoms with van der Waals surface area (Å²) in [6, 6.07) is 4.21. The average Bonchev–Trinajstić information content (AvgIpc) is 3.10. The van der Waals surface area contributed by atoms with Gasteiger partial charge in [0.15, 0.2) is 0 Å². The summed E-state index contributed by atoms with van der Waals surface area (Å²) in [5.74, 6) is -1.27. The van der Waals surface area contributed by atoms with E-state index in [-0.39, 0.29) is 29.7 Å². The van der Waals surface area contributed by atoms with E-state index in [2.05, 4.69) is 21.2 Å². The van der Waals surface area contributed by atoms with Gasteiger partial charge in [0.05, 0.1) is 12.0 Å². The zero-order valence-corrected chi connectivity index (χ0v) is 11.7. The first-order chi connectivity index (χ1) is 8.97. The van der Waals surface area contributed by atoms with Crippen LogP contribution >= 0.6 is 15.9 Å². The second kappa shape index (κ2) is 5.61. The second-order valence-corrected chi connectivity index (χ2v) is 5.59. The maximum atomic E-state index is 12.0. The number of carbonyl (C=O) groups is 2. The molecule has 2 rings (SSSR count). The van der Waals surface area contributed by atoms with Crippen molar-refractivity contribution in [3.05, 3.63) is 28.2 Å². The quantitative estimate of drug-likeness (QED) is 0.773. The van der Waals surface area contributed by atoms with Gasteiger partial charge in [-0.15, -0.1) is 0 Å². The van der Waals surface area contributed by atoms with E-state index >= 15 is 0 Å². The van der Waals surface area contributed by atoms with Crippen molar-refractivity contribution in [3.63, 3.8) is 0 Å². The molecule has 1 aliphatic carbocycles. The van der Waals surface area contributed by atoms with E-state index in [1.807, 2.05) is 0 Å². The highest BCUT2D eigenvalue weighted by atomic mass is 79.9. The largest absolute Gasteiger partial charge is 0.507 e. The third kappa shape index (κ3) is 3.70. The zero-order valence-electron chi connectivity index (χ0n) is 10.1. The van der Waals surface area contributed by atoms with Crippen molar-refractivity contribution in [3.8, 4) is 5.75 Å². The SMILES string of the molecule is O=C(O)CC(NC(=O)c1ccc(Br)cc1O)C1CC1. The van der Waals surface area contributed by atoms with Crippen molar-refractivity contribution in [2.75, 3.05) is 0 Å². The summed E-state index contributed by atoms with van der Waals surface area (Å²) in [7, 11) is 0. The summed E-state index contributed by atoms with van der Waals surface area (Å²) in [4.78, 5) is 22.8. The van der Waals surface area contributed by atoms with Crippen molar-refractivity contribution in [1.29, 1.82) is 0 Å². The number of nitrogens with one attached hydrogen (secondary N) is 1. The number of carboxylic acid groups (broad SMARTS) is 1. The van der Waals surface area contributed by atoms with Crippen LogP contribution in [0.2, 0.25) is 0 Å². The van der Waals surface area contributed by atoms with Gasteiger partial charge in [-0.05, 0) is 37.0 Å². The zero-order chi connectivity index (χ0) is 14.0. The number of carbonyl (C=O) groups excluding carboxylic acids is 1. The number of amides is 1. The Morgan fingerprint density at radius 1 is 1.42 bits per heavy atom. The van der Waals surface area contributed by atoms with Crippen LogP contribution in [0.25, 0.3) is 0 Å². The fourth-order valence-corrected chi connectivity index (χ4v) is 2.31. The summed E-state index contributed by atoms with van der Waals surface area (Å²) in [6.45, 7) is 0. The van der Waals surface area contributed by atoms with Crippen LogP contribution in [0.3, 0.4) is 0 Å². The minimum Gasteiger partial charge on any atom is -0.507 e. The molecule has 0 aromatic heterocycles. The molecule has 0 saturated heterocycles. The summed E-state index contributed by atoms with van der Waals surface area (Å²) in [5.41, 5.74) is 0.152. The van der Waals surface area contributed by atoms with Crippen molar-refractivity contribution >= 4 is 27.8 Å². The lowest BCUT2D eigenvalue weighted by Gasteiger charge is -2.16. The molecule has 1 amide bonds. The fraction of sp³-hybridized carbons (Fsp3) is 0.385. The molecule has 1 aromatic rings. The summed E-state index contributed by atoms with van der Waals surface area (Å²) in [5, 5.41) is 21.2. The number of benzene rings is 1. The van der Waals surface area contributed by atoms with Gasteiger partial charge >= 0.3 is 5.97 Å². The smallest absolute Gasteiger partial charge is 0.305 e. The molecular formula is C13H14BrNO4. The lowest BCUT2D eigenvalue weighted by Crippen LogP contribution is -2.38. The average molecular weight is 328 g/mol. The molecule has 6 heteroatoms. The molecule has 102 valence electrons. The molecule has 1 fully saturated rings. The van der Waals surface area contributed by atoms with Crippen LogP contribution in [-0.2, 0) is 4.79 Å². The van der Waals surface area contributed by atoms with Crippen LogP contribution in [0.4, 0.5) is 0 Å². The summed E-state index contributed by atoms with van der Waals surface area (Å²) in [6.07, 6.45) is 1.78. The molecule has 1 saturated carbocycles. The third-order valence-electron chi connectivity index (χ3n) is 3.11. The van der Waals surface area contributed by atoms with Gasteiger partial charge in [-0.1, -0.05) is 15.9 Å². The van der Waals surface area contributed by atoms with Crippen molar-refractivity contribution in [1.82, 2.24) is 5.32 Å². The van der Waals surface area contributed by atoms with Gasteiger partial charge in [0.1, 0.15) is 5.75 Å². The maximum Gasteiger partial charge on any atom is 0.305 e. The fourth-order valence-electron chi connectivity index (χ4n) is 1.97. The molecule has 0 spiro atoms. The van der Waals surface area contributed by atoms with Gasteiger partial charge in [0.2, 0.25) is 0 Å². The Kier molecular flexibility index (Phi) is 4.09. The highest BCUT2D eigenvalue weighted by molar-refractivity contribution is 9.10. The van der Waals surface area contributed by atoms with Crippen molar-refractivity contribution < 1.29 is 19.8 Å². The number of carboxylic acids is 1. The highest BCUT2D eigenvalue weighted by Gasteiger charge is 2.34. The molecular weight excluding hydrogens is 314 g/mol. The Hall–Kier alpha value is -1.56. The first-order valence-corrected chi connectivity index (χ1v) is 6.78. The van der Waals surface area contributed by atoms with Crippen LogP contribution in [-0.4, -0.2) is 28.1 Å². The van der Waals surface area contributed by atoms with E-state index in [9.17, 15) is 14.7 Å². The predicted octanol–water partition coefficient (Wildman–Crippen LogP) is 2.14. The molecule has 3 N–H and O–H groups in total. The van der Waals surface area contributed by atoms with Crippen LogP contribution in [0.5, 0.6) is 5.75 Å². The number of rotatable bonds is 5. The Morgan fingerprint density at radius 3 is 2.63 bits per heavy atom. The molecule has 19 heavy (non-hydrogen) atoms. The first-order valence-electron chi connectivity index (χ1n) is 5.98. The van der Waals surface area contributed by atoms with Crippen LogP contribution in [0.15, 0.2) is 22.7 Å². The topological polar surface area (TPSA) is 86.6 Å². The van der Waals surface area contributed by atoms with Crippen LogP contribution in [0, 0.1) is 5.92 Å². The van der Waals surface area contributed by atoms with Crippen LogP contribution in [0.1, 0.15) is 29.6 Å². The minimum atomic E-state index is -0.933. The maximum absolute atomic E-state index is 12.0. The third-order valence-corrected chi connectivity index (χ3v) is 3.60. The Morgan fingerprint density at radius 2 is 2.11 bits per heavy atom. The lowest BCUT2D eigenvalue weighted by molar-refractivity contribution is -0.137. The van der Waals surface area contributed by atoms with E-state index in [0.717, 1.165) is 12.8 Å². The van der Waals surface area contributed by atoms with Crippen LogP contribution < -0.4 is 5.32 Å². The summed E-state index contributed by atoms with van der Waals surface area (Å²) >= 11 is 3.19. The van der Waals surface area contributed by atoms with E-state index in [0.29, 0.717) is 4.47 Å². The predicted molar refractivity (Wildman–Crippen MR) is 72.0 cm³/mol. The van der Waals surface area contributed by atoms with Gasteiger partial charge in [-0.2, -0.15) is 0 Å². The molecule has 0 aliphatic heterocycles. The molecule has 1 atom stereocenters. The van der Waals surface area contributed by atoms with Gasteiger partial charge < -0.3 is 15.5 Å².